The van der Waals surface area contributed by atoms with Crippen LogP contribution in [0.25, 0.3) is 0 Å². The largest absolute Gasteiger partial charge is 0.507 e. The van der Waals surface area contributed by atoms with E-state index >= 15 is 0 Å². The number of ketones is 4. The summed E-state index contributed by atoms with van der Waals surface area (Å²) in [6.45, 7) is 5.55. The van der Waals surface area contributed by atoms with Crippen molar-refractivity contribution < 1.29 is 38.9 Å². The second-order valence-corrected chi connectivity index (χ2v) is 12.2. The minimum Gasteiger partial charge on any atom is -0.507 e. The van der Waals surface area contributed by atoms with Gasteiger partial charge in [-0.05, 0) is 64.9 Å². The topological polar surface area (TPSA) is 168 Å². The molecule has 0 saturated heterocycles. The molecular weight excluding hydrogens is 518 g/mol. The summed E-state index contributed by atoms with van der Waals surface area (Å²) in [4.78, 5) is 70.0. The Kier molecular flexibility index (Phi) is 7.96. The number of Topliss-reactive ketones (excluding diaryl/α,β-unsaturated/α-hetero) is 4. The van der Waals surface area contributed by atoms with E-state index in [0.29, 0.717) is 29.3 Å². The number of benzene rings is 1. The standard InChI is InChI=1S/C29H39N3O8/c1-13(2)7-8-32(5)12-15-11-18(33)20-16(25(15)40-6)9-14-10-17-22(31(3)4)24(35)21(28(30)38)27(37)29(17,39)26(36)19(14)23(20)34/h11,13-14,17,19,21-22,33,39H,7-10,12H2,1-6H3,(H2,30,38)/t14-,17-,19?,21?,22-,29-/m0/s1. The van der Waals surface area contributed by atoms with Crippen molar-refractivity contribution in [1.29, 1.82) is 0 Å². The van der Waals surface area contributed by atoms with Gasteiger partial charge in [0, 0.05) is 23.6 Å². The molecule has 0 spiro atoms. The van der Waals surface area contributed by atoms with Gasteiger partial charge in [-0.2, -0.15) is 0 Å². The van der Waals surface area contributed by atoms with E-state index < -0.39 is 64.4 Å². The van der Waals surface area contributed by atoms with Gasteiger partial charge in [0.25, 0.3) is 0 Å². The van der Waals surface area contributed by atoms with Crippen LogP contribution in [0.5, 0.6) is 11.5 Å². The van der Waals surface area contributed by atoms with E-state index in [2.05, 4.69) is 18.7 Å². The van der Waals surface area contributed by atoms with Gasteiger partial charge in [-0.15, -0.1) is 0 Å². The summed E-state index contributed by atoms with van der Waals surface area (Å²) in [5, 5.41) is 22.7. The number of primary amides is 1. The van der Waals surface area contributed by atoms with Crippen LogP contribution in [0.3, 0.4) is 0 Å². The molecule has 2 saturated carbocycles. The second kappa shape index (κ2) is 10.7. The van der Waals surface area contributed by atoms with Crippen molar-refractivity contribution >= 4 is 29.0 Å². The maximum absolute atomic E-state index is 13.9. The number of methoxy groups -OCH3 is 1. The smallest absolute Gasteiger partial charge is 0.235 e. The Hall–Kier alpha value is -3.15. The lowest BCUT2D eigenvalue weighted by Crippen LogP contribution is -2.74. The fourth-order valence-electron chi connectivity index (χ4n) is 6.94. The van der Waals surface area contributed by atoms with Crippen molar-refractivity contribution in [3.8, 4) is 11.5 Å². The van der Waals surface area contributed by atoms with Crippen molar-refractivity contribution in [1.82, 2.24) is 9.80 Å². The van der Waals surface area contributed by atoms with Crippen LogP contribution in [-0.2, 0) is 32.1 Å². The minimum absolute atomic E-state index is 0.00761. The minimum atomic E-state index is -2.74. The molecule has 3 aliphatic carbocycles. The lowest BCUT2D eigenvalue weighted by atomic mass is 9.52. The fraction of sp³-hybridized carbons (Fsp3) is 0.621. The lowest BCUT2D eigenvalue weighted by Gasteiger charge is -2.52. The molecule has 4 N–H and O–H groups in total. The second-order valence-electron chi connectivity index (χ2n) is 12.2. The fourth-order valence-corrected chi connectivity index (χ4v) is 6.94. The van der Waals surface area contributed by atoms with Gasteiger partial charge in [0.15, 0.2) is 34.7 Å². The molecule has 0 radical (unpaired) electrons. The molecule has 11 nitrogen and oxygen atoms in total. The Balaban J connectivity index is 1.79. The molecule has 218 valence electrons. The molecule has 11 heteroatoms. The number of nitrogens with two attached hydrogens (primary N) is 1. The molecule has 0 heterocycles. The summed E-state index contributed by atoms with van der Waals surface area (Å²) < 4.78 is 5.75. The molecule has 6 atom stereocenters. The summed E-state index contributed by atoms with van der Waals surface area (Å²) in [7, 11) is 6.55. The zero-order valence-corrected chi connectivity index (χ0v) is 23.9. The zero-order chi connectivity index (χ0) is 29.8. The molecule has 2 fully saturated rings. The number of hydrogen-bond acceptors (Lipinski definition) is 10. The molecule has 1 aromatic carbocycles. The number of likely N-dealkylation sites (N-methyl/N-ethyl adjacent to an activating group) is 1. The molecular formula is C29H39N3O8. The van der Waals surface area contributed by atoms with Crippen LogP contribution >= 0.6 is 0 Å². The first kappa shape index (κ1) is 29.8. The monoisotopic (exact) mass is 557 g/mol. The number of hydrogen-bond donors (Lipinski definition) is 3. The average molecular weight is 558 g/mol. The maximum atomic E-state index is 13.9. The van der Waals surface area contributed by atoms with Crippen LogP contribution in [0, 0.1) is 29.6 Å². The van der Waals surface area contributed by atoms with Gasteiger partial charge in [-0.3, -0.25) is 28.9 Å². The Morgan fingerprint density at radius 1 is 1.18 bits per heavy atom. The maximum Gasteiger partial charge on any atom is 0.235 e. The molecule has 1 amide bonds. The first-order valence-electron chi connectivity index (χ1n) is 13.6. The summed E-state index contributed by atoms with van der Waals surface area (Å²) >= 11 is 0. The van der Waals surface area contributed by atoms with Crippen molar-refractivity contribution in [2.45, 2.75) is 51.3 Å². The van der Waals surface area contributed by atoms with Gasteiger partial charge in [-0.1, -0.05) is 13.8 Å². The number of rotatable bonds is 8. The first-order valence-corrected chi connectivity index (χ1v) is 13.6. The van der Waals surface area contributed by atoms with Gasteiger partial charge in [0.05, 0.1) is 24.6 Å². The number of carbonyl (C=O) groups excluding carboxylic acids is 5. The number of fused-ring (bicyclic) bond motifs is 3. The average Bonchev–Trinajstić information content (AvgIpc) is 2.84. The van der Waals surface area contributed by atoms with Crippen molar-refractivity contribution in [3.63, 3.8) is 0 Å². The SMILES string of the molecule is COc1c(CN(C)CCC(C)C)cc(O)c2c1C[C@H]1C[C@H]3[C@H](N(C)C)C(=O)C(C(N)=O)C(=O)[C@@]3(O)C(=O)C1C2=O. The van der Waals surface area contributed by atoms with E-state index in [1.807, 2.05) is 7.05 Å². The lowest BCUT2D eigenvalue weighted by molar-refractivity contribution is -0.181. The number of aromatic hydroxyl groups is 1. The third kappa shape index (κ3) is 4.53. The molecule has 0 aliphatic heterocycles. The van der Waals surface area contributed by atoms with E-state index in [1.165, 1.54) is 18.1 Å². The van der Waals surface area contributed by atoms with E-state index in [4.69, 9.17) is 10.5 Å². The van der Waals surface area contributed by atoms with Crippen LogP contribution in [0.1, 0.15) is 48.2 Å². The predicted octanol–water partition coefficient (Wildman–Crippen LogP) is 0.354. The Morgan fingerprint density at radius 2 is 1.82 bits per heavy atom. The highest BCUT2D eigenvalue weighted by atomic mass is 16.5. The molecule has 40 heavy (non-hydrogen) atoms. The zero-order valence-electron chi connectivity index (χ0n) is 23.9. The summed E-state index contributed by atoms with van der Waals surface area (Å²) in [6, 6.07) is 0.320. The van der Waals surface area contributed by atoms with Crippen molar-refractivity contribution in [2.75, 3.05) is 34.8 Å². The van der Waals surface area contributed by atoms with Crippen molar-refractivity contribution in [3.05, 3.63) is 22.8 Å². The van der Waals surface area contributed by atoms with Crippen LogP contribution in [0.15, 0.2) is 6.07 Å². The van der Waals surface area contributed by atoms with Crippen LogP contribution in [0.2, 0.25) is 0 Å². The Labute approximate surface area is 233 Å². The third-order valence-corrected chi connectivity index (χ3v) is 8.82. The molecule has 1 aromatic rings. The molecule has 4 rings (SSSR count). The highest BCUT2D eigenvalue weighted by Gasteiger charge is 2.69. The van der Waals surface area contributed by atoms with E-state index in [9.17, 15) is 34.2 Å². The number of aliphatic hydroxyl groups is 1. The predicted molar refractivity (Wildman–Crippen MR) is 144 cm³/mol. The summed E-state index contributed by atoms with van der Waals surface area (Å²) in [6.07, 6.45) is 1.13. The summed E-state index contributed by atoms with van der Waals surface area (Å²) in [5.41, 5.74) is 3.69. The van der Waals surface area contributed by atoms with Crippen LogP contribution < -0.4 is 10.5 Å². The third-order valence-electron chi connectivity index (χ3n) is 8.82. The molecule has 2 unspecified atom stereocenters. The molecule has 0 aromatic heterocycles. The van der Waals surface area contributed by atoms with Gasteiger partial charge < -0.3 is 25.6 Å². The molecule has 0 bridgehead atoms. The van der Waals surface area contributed by atoms with E-state index in [0.717, 1.165) is 13.0 Å². The number of phenolic OH excluding ortho intramolecular Hbond substituents is 1. The number of phenols is 1. The number of carbonyl (C=O) groups is 5. The highest BCUT2D eigenvalue weighted by Crippen LogP contribution is 2.52. The van der Waals surface area contributed by atoms with Crippen LogP contribution in [-0.4, -0.2) is 95.5 Å². The number of amides is 1. The molecule has 3 aliphatic rings. The quantitative estimate of drug-likeness (QED) is 0.380. The number of nitrogens with zero attached hydrogens (tertiary/aromatic N) is 2. The van der Waals surface area contributed by atoms with E-state index in [1.54, 1.807) is 14.1 Å². The van der Waals surface area contributed by atoms with Crippen molar-refractivity contribution in [2.24, 2.45) is 35.3 Å². The Bertz CT molecular complexity index is 1270. The van der Waals surface area contributed by atoms with E-state index in [-0.39, 0.29) is 24.2 Å². The highest BCUT2D eigenvalue weighted by molar-refractivity contribution is 6.32. The number of ether oxygens (including phenoxy) is 1. The first-order chi connectivity index (χ1) is 18.7. The van der Waals surface area contributed by atoms with Gasteiger partial charge in [-0.25, -0.2) is 0 Å². The summed E-state index contributed by atoms with van der Waals surface area (Å²) in [5.74, 6) is -9.70. The van der Waals surface area contributed by atoms with Gasteiger partial charge in [0.2, 0.25) is 5.91 Å². The Morgan fingerprint density at radius 3 is 2.38 bits per heavy atom. The normalized spacial score (nSPS) is 30.0. The van der Waals surface area contributed by atoms with Gasteiger partial charge >= 0.3 is 0 Å². The van der Waals surface area contributed by atoms with Gasteiger partial charge in [0.1, 0.15) is 11.5 Å². The van der Waals surface area contributed by atoms with Crippen LogP contribution in [0.4, 0.5) is 0 Å².